The van der Waals surface area contributed by atoms with Crippen LogP contribution >= 0.6 is 11.6 Å². The predicted molar refractivity (Wildman–Crippen MR) is 110 cm³/mol. The fourth-order valence-corrected chi connectivity index (χ4v) is 4.87. The average molecular weight is 440 g/mol. The third kappa shape index (κ3) is 4.92. The monoisotopic (exact) mass is 439 g/mol. The molecule has 0 aliphatic heterocycles. The molecule has 0 bridgehead atoms. The lowest BCUT2D eigenvalue weighted by Gasteiger charge is -2.21. The van der Waals surface area contributed by atoms with E-state index in [9.17, 15) is 23.3 Å². The molecule has 0 spiro atoms. The van der Waals surface area contributed by atoms with Crippen molar-refractivity contribution >= 4 is 33.2 Å². The van der Waals surface area contributed by atoms with Crippen LogP contribution in [0.5, 0.6) is 0 Å². The molecule has 0 aliphatic carbocycles. The van der Waals surface area contributed by atoms with E-state index in [0.717, 1.165) is 0 Å². The minimum Gasteiger partial charge on any atom is -0.337 e. The number of rotatable bonds is 8. The molecular weight excluding hydrogens is 418 g/mol. The van der Waals surface area contributed by atoms with Gasteiger partial charge in [-0.2, -0.15) is 4.31 Å². The van der Waals surface area contributed by atoms with Crippen LogP contribution in [-0.2, 0) is 16.6 Å². The minimum absolute atomic E-state index is 0.00323. The number of carbonyl (C=O) groups excluding carboxylic acids is 1. The highest BCUT2D eigenvalue weighted by Crippen LogP contribution is 2.27. The first-order chi connectivity index (χ1) is 13.6. The van der Waals surface area contributed by atoms with Gasteiger partial charge in [-0.25, -0.2) is 8.42 Å². The number of nitrogens with zero attached hydrogens (tertiary/aromatic N) is 3. The van der Waals surface area contributed by atoms with Crippen LogP contribution < -0.4 is 0 Å². The first-order valence-electron chi connectivity index (χ1n) is 8.90. The van der Waals surface area contributed by atoms with E-state index in [1.165, 1.54) is 40.5 Å². The lowest BCUT2D eigenvalue weighted by molar-refractivity contribution is -0.385. The molecular formula is C19H22ClN3O5S. The molecule has 156 valence electrons. The van der Waals surface area contributed by atoms with E-state index in [0.29, 0.717) is 5.56 Å². The van der Waals surface area contributed by atoms with Crippen LogP contribution in [0.25, 0.3) is 0 Å². The molecule has 1 amide bonds. The van der Waals surface area contributed by atoms with Crippen molar-refractivity contribution in [2.45, 2.75) is 25.3 Å². The molecule has 0 saturated heterocycles. The Bertz CT molecular complexity index is 1020. The van der Waals surface area contributed by atoms with Gasteiger partial charge in [-0.3, -0.25) is 14.9 Å². The molecule has 0 unspecified atom stereocenters. The molecule has 2 aromatic carbocycles. The van der Waals surface area contributed by atoms with Gasteiger partial charge in [0.1, 0.15) is 4.90 Å². The Kier molecular flexibility index (Phi) is 7.34. The number of hydrogen-bond donors (Lipinski definition) is 0. The van der Waals surface area contributed by atoms with Crippen molar-refractivity contribution in [1.82, 2.24) is 9.21 Å². The highest BCUT2D eigenvalue weighted by Gasteiger charge is 2.26. The van der Waals surface area contributed by atoms with Crippen molar-refractivity contribution < 1.29 is 18.1 Å². The maximum absolute atomic E-state index is 12.8. The van der Waals surface area contributed by atoms with Gasteiger partial charge < -0.3 is 4.90 Å². The molecule has 0 saturated carbocycles. The summed E-state index contributed by atoms with van der Waals surface area (Å²) in [5.74, 6) is -0.476. The molecule has 0 aliphatic rings. The zero-order chi connectivity index (χ0) is 21.8. The number of nitro groups is 1. The smallest absolute Gasteiger partial charge is 0.274 e. The normalized spacial score (nSPS) is 11.5. The third-order valence-electron chi connectivity index (χ3n) is 4.44. The Morgan fingerprint density at radius 1 is 1.14 bits per heavy atom. The molecule has 8 nitrogen and oxygen atoms in total. The fourth-order valence-electron chi connectivity index (χ4n) is 2.91. The van der Waals surface area contributed by atoms with Crippen LogP contribution in [0.4, 0.5) is 5.69 Å². The molecule has 0 heterocycles. The molecule has 10 heteroatoms. The summed E-state index contributed by atoms with van der Waals surface area (Å²) in [5, 5.41) is 11.2. The summed E-state index contributed by atoms with van der Waals surface area (Å²) in [4.78, 5) is 24.6. The number of halogens is 1. The Morgan fingerprint density at radius 2 is 1.76 bits per heavy atom. The first kappa shape index (κ1) is 22.8. The minimum atomic E-state index is -3.85. The first-order valence-corrected chi connectivity index (χ1v) is 10.7. The quantitative estimate of drug-likeness (QED) is 0.462. The number of hydrogen-bond acceptors (Lipinski definition) is 5. The maximum Gasteiger partial charge on any atom is 0.274 e. The SMILES string of the molecule is CCN(CC)S(=O)(=O)c1cc(C(=O)N(C)Cc2ccccc2[N+](=O)[O-])ccc1Cl. The van der Waals surface area contributed by atoms with Gasteiger partial charge in [0.2, 0.25) is 10.0 Å². The Balaban J connectivity index is 2.36. The summed E-state index contributed by atoms with van der Waals surface area (Å²) in [6, 6.07) is 10.2. The molecule has 0 atom stereocenters. The summed E-state index contributed by atoms with van der Waals surface area (Å²) in [5.41, 5.74) is 0.410. The van der Waals surface area contributed by atoms with E-state index < -0.39 is 20.9 Å². The summed E-state index contributed by atoms with van der Waals surface area (Å²) in [6.45, 7) is 3.96. The second-order valence-corrected chi connectivity index (χ2v) is 8.60. The highest BCUT2D eigenvalue weighted by molar-refractivity contribution is 7.89. The van der Waals surface area contributed by atoms with Crippen LogP contribution in [0.2, 0.25) is 5.02 Å². The van der Waals surface area contributed by atoms with E-state index in [4.69, 9.17) is 11.6 Å². The van der Waals surface area contributed by atoms with Crippen LogP contribution in [0.3, 0.4) is 0 Å². The van der Waals surface area contributed by atoms with Crippen LogP contribution in [-0.4, -0.2) is 48.6 Å². The Hall–Kier alpha value is -2.49. The van der Waals surface area contributed by atoms with Crippen molar-refractivity contribution in [2.24, 2.45) is 0 Å². The topological polar surface area (TPSA) is 101 Å². The van der Waals surface area contributed by atoms with Crippen molar-refractivity contribution in [3.63, 3.8) is 0 Å². The van der Waals surface area contributed by atoms with Crippen LogP contribution in [0, 0.1) is 10.1 Å². The van der Waals surface area contributed by atoms with Gasteiger partial charge in [-0.15, -0.1) is 0 Å². The van der Waals surface area contributed by atoms with Gasteiger partial charge in [-0.05, 0) is 18.2 Å². The zero-order valence-corrected chi connectivity index (χ0v) is 17.9. The van der Waals surface area contributed by atoms with Gasteiger partial charge >= 0.3 is 0 Å². The zero-order valence-electron chi connectivity index (χ0n) is 16.3. The lowest BCUT2D eigenvalue weighted by Crippen LogP contribution is -2.31. The number of nitro benzene ring substituents is 1. The second-order valence-electron chi connectivity index (χ2n) is 6.28. The number of benzene rings is 2. The molecule has 0 radical (unpaired) electrons. The van der Waals surface area contributed by atoms with E-state index in [-0.39, 0.29) is 40.8 Å². The van der Waals surface area contributed by atoms with Crippen molar-refractivity contribution in [1.29, 1.82) is 0 Å². The van der Waals surface area contributed by atoms with Gasteiger partial charge in [-0.1, -0.05) is 43.6 Å². The van der Waals surface area contributed by atoms with Crippen LogP contribution in [0.1, 0.15) is 29.8 Å². The van der Waals surface area contributed by atoms with Gasteiger partial charge in [0.15, 0.2) is 0 Å². The largest absolute Gasteiger partial charge is 0.337 e. The van der Waals surface area contributed by atoms with Crippen LogP contribution in [0.15, 0.2) is 47.4 Å². The summed E-state index contributed by atoms with van der Waals surface area (Å²) >= 11 is 6.10. The second kappa shape index (κ2) is 9.34. The molecule has 2 aromatic rings. The van der Waals surface area contributed by atoms with Gasteiger partial charge in [0.25, 0.3) is 11.6 Å². The molecule has 0 aromatic heterocycles. The molecule has 2 rings (SSSR count). The summed E-state index contributed by atoms with van der Waals surface area (Å²) in [6.07, 6.45) is 0. The third-order valence-corrected chi connectivity index (χ3v) is 6.98. The summed E-state index contributed by atoms with van der Waals surface area (Å²) < 4.78 is 26.9. The number of carbonyl (C=O) groups is 1. The summed E-state index contributed by atoms with van der Waals surface area (Å²) in [7, 11) is -2.36. The predicted octanol–water partition coefficient (Wildman–Crippen LogP) is 3.55. The van der Waals surface area contributed by atoms with Crippen molar-refractivity contribution in [3.05, 3.63) is 68.7 Å². The molecule has 0 fully saturated rings. The highest BCUT2D eigenvalue weighted by atomic mass is 35.5. The fraction of sp³-hybridized carbons (Fsp3) is 0.316. The molecule has 0 N–H and O–H groups in total. The van der Waals surface area contributed by atoms with Crippen molar-refractivity contribution in [2.75, 3.05) is 20.1 Å². The standard InChI is InChI=1S/C19H22ClN3O5S/c1-4-22(5-2)29(27,28)18-12-14(10-11-16(18)20)19(24)21(3)13-15-8-6-7-9-17(15)23(25)26/h6-12H,4-5,13H2,1-3H3. The van der Waals surface area contributed by atoms with Crippen molar-refractivity contribution in [3.8, 4) is 0 Å². The number of amides is 1. The number of para-hydroxylation sites is 1. The maximum atomic E-state index is 12.8. The lowest BCUT2D eigenvalue weighted by atomic mass is 10.1. The van der Waals surface area contributed by atoms with E-state index in [1.807, 2.05) is 0 Å². The van der Waals surface area contributed by atoms with Gasteiger partial charge in [0, 0.05) is 37.3 Å². The number of sulfonamides is 1. The Morgan fingerprint density at radius 3 is 2.34 bits per heavy atom. The van der Waals surface area contributed by atoms with E-state index in [1.54, 1.807) is 32.0 Å². The average Bonchev–Trinajstić information content (AvgIpc) is 2.68. The van der Waals surface area contributed by atoms with E-state index >= 15 is 0 Å². The Labute approximate surface area is 174 Å². The molecule has 29 heavy (non-hydrogen) atoms. The van der Waals surface area contributed by atoms with E-state index in [2.05, 4.69) is 0 Å². The van der Waals surface area contributed by atoms with Gasteiger partial charge in [0.05, 0.1) is 16.5 Å².